The average molecular weight is 368 g/mol. The van der Waals surface area contributed by atoms with Crippen molar-refractivity contribution in [2.75, 3.05) is 5.32 Å². The normalized spacial score (nSPS) is 11.0. The Hall–Kier alpha value is -3.91. The standard InChI is InChI=1S/C23H20N4O/c1-17-12-13-25-21(14-17)26-16-20(15-24)23(28)27-22(18-8-4-2-5-9-18)19-10-6-3-7-11-19/h2-14,16,22H,1H3,(H,25,26)(H,27,28)/b20-16-. The maximum Gasteiger partial charge on any atom is 0.264 e. The van der Waals surface area contributed by atoms with Gasteiger partial charge in [0.2, 0.25) is 0 Å². The molecule has 138 valence electrons. The van der Waals surface area contributed by atoms with E-state index in [1.54, 1.807) is 6.20 Å². The molecule has 0 aliphatic rings. The van der Waals surface area contributed by atoms with Crippen molar-refractivity contribution in [3.05, 3.63) is 107 Å². The Morgan fingerprint density at radius 3 is 2.18 bits per heavy atom. The smallest absolute Gasteiger partial charge is 0.264 e. The van der Waals surface area contributed by atoms with Gasteiger partial charge in [0.25, 0.3) is 5.91 Å². The second-order valence-electron chi connectivity index (χ2n) is 6.26. The molecule has 0 atom stereocenters. The monoisotopic (exact) mass is 368 g/mol. The van der Waals surface area contributed by atoms with Gasteiger partial charge in [0.15, 0.2) is 0 Å². The van der Waals surface area contributed by atoms with Crippen molar-refractivity contribution in [1.29, 1.82) is 5.26 Å². The summed E-state index contributed by atoms with van der Waals surface area (Å²) in [4.78, 5) is 16.9. The number of benzene rings is 2. The molecule has 0 saturated carbocycles. The van der Waals surface area contributed by atoms with Crippen molar-refractivity contribution in [3.63, 3.8) is 0 Å². The van der Waals surface area contributed by atoms with E-state index < -0.39 is 5.91 Å². The second kappa shape index (κ2) is 9.15. The quantitative estimate of drug-likeness (QED) is 0.507. The highest BCUT2D eigenvalue weighted by Crippen LogP contribution is 2.22. The molecule has 0 aliphatic heterocycles. The molecular formula is C23H20N4O. The summed E-state index contributed by atoms with van der Waals surface area (Å²) in [6.45, 7) is 1.94. The minimum Gasteiger partial charge on any atom is -0.345 e. The minimum atomic E-state index is -0.458. The van der Waals surface area contributed by atoms with Crippen molar-refractivity contribution in [2.24, 2.45) is 0 Å². The maximum atomic E-state index is 12.8. The third kappa shape index (κ3) is 4.83. The van der Waals surface area contributed by atoms with Gasteiger partial charge in [-0.25, -0.2) is 4.98 Å². The molecule has 0 unspecified atom stereocenters. The van der Waals surface area contributed by atoms with E-state index >= 15 is 0 Å². The first-order chi connectivity index (χ1) is 13.7. The van der Waals surface area contributed by atoms with Gasteiger partial charge in [0, 0.05) is 12.4 Å². The van der Waals surface area contributed by atoms with E-state index in [4.69, 9.17) is 0 Å². The third-order valence-corrected chi connectivity index (χ3v) is 4.19. The fourth-order valence-corrected chi connectivity index (χ4v) is 2.77. The van der Waals surface area contributed by atoms with Crippen LogP contribution in [0.15, 0.2) is 90.8 Å². The number of hydrogen-bond acceptors (Lipinski definition) is 4. The van der Waals surface area contributed by atoms with Crippen LogP contribution in [-0.2, 0) is 4.79 Å². The van der Waals surface area contributed by atoms with E-state index in [2.05, 4.69) is 15.6 Å². The van der Waals surface area contributed by atoms with Crippen molar-refractivity contribution >= 4 is 11.7 Å². The summed E-state index contributed by atoms with van der Waals surface area (Å²) >= 11 is 0. The van der Waals surface area contributed by atoms with Crippen LogP contribution in [0.25, 0.3) is 0 Å². The molecule has 1 aromatic heterocycles. The lowest BCUT2D eigenvalue weighted by Gasteiger charge is -2.19. The highest BCUT2D eigenvalue weighted by Gasteiger charge is 2.19. The Kier molecular flexibility index (Phi) is 6.17. The fourth-order valence-electron chi connectivity index (χ4n) is 2.77. The third-order valence-electron chi connectivity index (χ3n) is 4.19. The summed E-state index contributed by atoms with van der Waals surface area (Å²) in [7, 11) is 0. The van der Waals surface area contributed by atoms with Crippen LogP contribution in [0.5, 0.6) is 0 Å². The largest absolute Gasteiger partial charge is 0.345 e. The summed E-state index contributed by atoms with van der Waals surface area (Å²) in [5, 5.41) is 15.3. The summed E-state index contributed by atoms with van der Waals surface area (Å²) in [5.41, 5.74) is 2.88. The van der Waals surface area contributed by atoms with Crippen LogP contribution >= 0.6 is 0 Å². The predicted octanol–water partition coefficient (Wildman–Crippen LogP) is 4.12. The first kappa shape index (κ1) is 18.9. The number of hydrogen-bond donors (Lipinski definition) is 2. The number of carbonyl (C=O) groups is 1. The van der Waals surface area contributed by atoms with Crippen molar-refractivity contribution in [3.8, 4) is 6.07 Å². The zero-order valence-electron chi connectivity index (χ0n) is 15.5. The van der Waals surface area contributed by atoms with E-state index in [9.17, 15) is 10.1 Å². The van der Waals surface area contributed by atoms with Crippen LogP contribution in [0.3, 0.4) is 0 Å². The number of aryl methyl sites for hydroxylation is 1. The van der Waals surface area contributed by atoms with Gasteiger partial charge in [-0.15, -0.1) is 0 Å². The SMILES string of the molecule is Cc1ccnc(N/C=C(/C#N)C(=O)NC(c2ccccc2)c2ccccc2)c1. The Bertz CT molecular complexity index is 968. The molecule has 0 bridgehead atoms. The summed E-state index contributed by atoms with van der Waals surface area (Å²) in [5.74, 6) is 0.114. The van der Waals surface area contributed by atoms with E-state index in [0.717, 1.165) is 16.7 Å². The van der Waals surface area contributed by atoms with Gasteiger partial charge in [0.1, 0.15) is 17.5 Å². The Balaban J connectivity index is 1.82. The number of pyridine rings is 1. The molecule has 0 radical (unpaired) electrons. The first-order valence-corrected chi connectivity index (χ1v) is 8.87. The van der Waals surface area contributed by atoms with Crippen LogP contribution < -0.4 is 10.6 Å². The number of rotatable bonds is 6. The number of aromatic nitrogens is 1. The van der Waals surface area contributed by atoms with Gasteiger partial charge in [-0.1, -0.05) is 60.7 Å². The zero-order valence-corrected chi connectivity index (χ0v) is 15.5. The molecule has 0 saturated heterocycles. The molecule has 3 aromatic rings. The molecule has 3 rings (SSSR count). The zero-order chi connectivity index (χ0) is 19.8. The molecule has 28 heavy (non-hydrogen) atoms. The number of nitrogens with zero attached hydrogens (tertiary/aromatic N) is 2. The van der Waals surface area contributed by atoms with Gasteiger partial charge >= 0.3 is 0 Å². The molecule has 2 aromatic carbocycles. The van der Waals surface area contributed by atoms with E-state index in [1.165, 1.54) is 6.20 Å². The Morgan fingerprint density at radius 1 is 1.04 bits per heavy atom. The minimum absolute atomic E-state index is 0.0276. The number of nitriles is 1. The van der Waals surface area contributed by atoms with Crippen LogP contribution in [0.4, 0.5) is 5.82 Å². The number of carbonyl (C=O) groups excluding carboxylic acids is 1. The lowest BCUT2D eigenvalue weighted by atomic mass is 9.98. The molecule has 5 heteroatoms. The maximum absolute atomic E-state index is 12.8. The molecule has 2 N–H and O–H groups in total. The van der Waals surface area contributed by atoms with E-state index in [1.807, 2.05) is 85.8 Å². The van der Waals surface area contributed by atoms with Gasteiger partial charge in [0.05, 0.1) is 6.04 Å². The van der Waals surface area contributed by atoms with Gasteiger partial charge in [-0.2, -0.15) is 5.26 Å². The highest BCUT2D eigenvalue weighted by atomic mass is 16.1. The topological polar surface area (TPSA) is 77.8 Å². The lowest BCUT2D eigenvalue weighted by molar-refractivity contribution is -0.117. The summed E-state index contributed by atoms with van der Waals surface area (Å²) in [6.07, 6.45) is 3.04. The average Bonchev–Trinajstić information content (AvgIpc) is 2.74. The molecule has 0 spiro atoms. The van der Waals surface area contributed by atoms with E-state index in [0.29, 0.717) is 5.82 Å². The second-order valence-corrected chi connectivity index (χ2v) is 6.26. The van der Waals surface area contributed by atoms with Crippen molar-refractivity contribution in [1.82, 2.24) is 10.3 Å². The summed E-state index contributed by atoms with van der Waals surface area (Å²) < 4.78 is 0. The van der Waals surface area contributed by atoms with Crippen LogP contribution in [0.2, 0.25) is 0 Å². The lowest BCUT2D eigenvalue weighted by Crippen LogP contribution is -2.30. The molecule has 0 fully saturated rings. The Morgan fingerprint density at radius 2 is 1.64 bits per heavy atom. The van der Waals surface area contributed by atoms with Crippen molar-refractivity contribution < 1.29 is 4.79 Å². The molecule has 1 amide bonds. The number of anilines is 1. The van der Waals surface area contributed by atoms with E-state index in [-0.39, 0.29) is 11.6 Å². The molecule has 1 heterocycles. The van der Waals surface area contributed by atoms with Crippen molar-refractivity contribution in [2.45, 2.75) is 13.0 Å². The highest BCUT2D eigenvalue weighted by molar-refractivity contribution is 5.98. The van der Waals surface area contributed by atoms with Crippen LogP contribution in [-0.4, -0.2) is 10.9 Å². The molecule has 0 aliphatic carbocycles. The summed E-state index contributed by atoms with van der Waals surface area (Å²) in [6, 6.07) is 24.6. The van der Waals surface area contributed by atoms with Gasteiger partial charge in [-0.05, 0) is 35.7 Å². The van der Waals surface area contributed by atoms with Crippen LogP contribution in [0, 0.1) is 18.3 Å². The first-order valence-electron chi connectivity index (χ1n) is 8.87. The van der Waals surface area contributed by atoms with Gasteiger partial charge in [-0.3, -0.25) is 4.79 Å². The molecule has 5 nitrogen and oxygen atoms in total. The van der Waals surface area contributed by atoms with Crippen LogP contribution in [0.1, 0.15) is 22.7 Å². The number of amides is 1. The fraction of sp³-hybridized carbons (Fsp3) is 0.0870. The Labute approximate surface area is 164 Å². The predicted molar refractivity (Wildman–Crippen MR) is 109 cm³/mol. The number of nitrogens with one attached hydrogen (secondary N) is 2. The van der Waals surface area contributed by atoms with Gasteiger partial charge < -0.3 is 10.6 Å². The molecular weight excluding hydrogens is 348 g/mol.